The van der Waals surface area contributed by atoms with Gasteiger partial charge in [-0.25, -0.2) is 4.99 Å². The van der Waals surface area contributed by atoms with E-state index >= 15 is 0 Å². The van der Waals surface area contributed by atoms with Crippen molar-refractivity contribution in [2.75, 3.05) is 41.3 Å². The van der Waals surface area contributed by atoms with E-state index in [9.17, 15) is 8.42 Å². The second-order valence-electron chi connectivity index (χ2n) is 6.95. The zero-order chi connectivity index (χ0) is 19.2. The average molecular weight is 509 g/mol. The molecule has 1 saturated heterocycles. The van der Waals surface area contributed by atoms with Crippen LogP contribution < -0.4 is 5.32 Å². The van der Waals surface area contributed by atoms with E-state index in [4.69, 9.17) is 0 Å². The Hall–Kier alpha value is -0.910. The van der Waals surface area contributed by atoms with Gasteiger partial charge in [0.25, 0.3) is 10.2 Å². The van der Waals surface area contributed by atoms with Gasteiger partial charge < -0.3 is 10.2 Å². The predicted molar refractivity (Wildman–Crippen MR) is 122 cm³/mol. The van der Waals surface area contributed by atoms with Crippen LogP contribution in [0.15, 0.2) is 35.3 Å². The molecule has 1 heterocycles. The number of aliphatic imine (C=N–C) groups is 1. The summed E-state index contributed by atoms with van der Waals surface area (Å²) in [6.45, 7) is 1.72. The average Bonchev–Trinajstić information content (AvgIpc) is 2.62. The highest BCUT2D eigenvalue weighted by Crippen LogP contribution is 2.21. The van der Waals surface area contributed by atoms with Crippen molar-refractivity contribution >= 4 is 40.1 Å². The van der Waals surface area contributed by atoms with Crippen LogP contribution in [-0.2, 0) is 16.8 Å². The molecule has 1 aromatic rings. The third-order valence-electron chi connectivity index (χ3n) is 4.50. The lowest BCUT2D eigenvalue weighted by molar-refractivity contribution is 0.239. The molecule has 1 unspecified atom stereocenters. The molecule has 154 valence electrons. The van der Waals surface area contributed by atoms with Gasteiger partial charge in [0.2, 0.25) is 0 Å². The summed E-state index contributed by atoms with van der Waals surface area (Å²) in [7, 11) is 3.64. The number of hydrogen-bond acceptors (Lipinski definition) is 3. The van der Waals surface area contributed by atoms with E-state index < -0.39 is 10.2 Å². The van der Waals surface area contributed by atoms with Crippen LogP contribution in [0.25, 0.3) is 0 Å². The maximum atomic E-state index is 12.6. The Bertz CT molecular complexity index is 695. The van der Waals surface area contributed by atoms with Crippen LogP contribution >= 0.6 is 24.0 Å². The molecule has 1 N–H and O–H groups in total. The Morgan fingerprint density at radius 3 is 2.44 bits per heavy atom. The van der Waals surface area contributed by atoms with Crippen LogP contribution in [-0.4, -0.2) is 75.2 Å². The molecule has 1 atom stereocenters. The van der Waals surface area contributed by atoms with E-state index in [1.54, 1.807) is 18.4 Å². The molecule has 7 nitrogen and oxygen atoms in total. The molecule has 1 aliphatic heterocycles. The fourth-order valence-electron chi connectivity index (χ4n) is 3.01. The van der Waals surface area contributed by atoms with E-state index in [1.807, 2.05) is 49.3 Å². The number of halogens is 1. The monoisotopic (exact) mass is 509 g/mol. The van der Waals surface area contributed by atoms with Gasteiger partial charge in [0.1, 0.15) is 0 Å². The van der Waals surface area contributed by atoms with E-state index in [1.165, 1.54) is 4.31 Å². The molecule has 0 radical (unpaired) electrons. The third-order valence-corrected chi connectivity index (χ3v) is 6.50. The molecule has 1 aromatic carbocycles. The SMILES string of the molecule is CN(C)C(=NCc1ccccc1)NCC1CCCCN1S(=O)(=O)N(C)C.I. The second kappa shape index (κ2) is 11.2. The summed E-state index contributed by atoms with van der Waals surface area (Å²) in [6.07, 6.45) is 2.82. The standard InChI is InChI=1S/C18H31N5O2S.HI/c1-21(2)18(19-14-16-10-6-5-7-11-16)20-15-17-12-8-9-13-23(17)26(24,25)22(3)4;/h5-7,10-11,17H,8-9,12-15H2,1-4H3,(H,19,20);1H. The molecule has 0 aliphatic carbocycles. The highest BCUT2D eigenvalue weighted by molar-refractivity contribution is 14.0. The Kier molecular flexibility index (Phi) is 9.99. The number of rotatable bonds is 6. The highest BCUT2D eigenvalue weighted by atomic mass is 127. The van der Waals surface area contributed by atoms with Gasteiger partial charge in [-0.1, -0.05) is 36.8 Å². The van der Waals surface area contributed by atoms with Crippen molar-refractivity contribution in [3.63, 3.8) is 0 Å². The number of hydrogen-bond donors (Lipinski definition) is 1. The number of nitrogens with zero attached hydrogens (tertiary/aromatic N) is 4. The van der Waals surface area contributed by atoms with Crippen LogP contribution in [0.2, 0.25) is 0 Å². The molecule has 1 fully saturated rings. The fourth-order valence-corrected chi connectivity index (χ4v) is 4.34. The van der Waals surface area contributed by atoms with Crippen molar-refractivity contribution in [2.24, 2.45) is 4.99 Å². The van der Waals surface area contributed by atoms with Crippen LogP contribution in [0.3, 0.4) is 0 Å². The normalized spacial score (nSPS) is 18.9. The summed E-state index contributed by atoms with van der Waals surface area (Å²) in [5, 5.41) is 3.35. The molecule has 27 heavy (non-hydrogen) atoms. The lowest BCUT2D eigenvalue weighted by Gasteiger charge is -2.36. The lowest BCUT2D eigenvalue weighted by Crippen LogP contribution is -2.53. The van der Waals surface area contributed by atoms with Crippen molar-refractivity contribution in [2.45, 2.75) is 31.8 Å². The van der Waals surface area contributed by atoms with Crippen molar-refractivity contribution in [1.82, 2.24) is 18.8 Å². The maximum absolute atomic E-state index is 12.6. The lowest BCUT2D eigenvalue weighted by atomic mass is 10.1. The maximum Gasteiger partial charge on any atom is 0.281 e. The minimum Gasteiger partial charge on any atom is -0.355 e. The molecule has 0 bridgehead atoms. The van der Waals surface area contributed by atoms with Crippen LogP contribution in [0.5, 0.6) is 0 Å². The molecule has 0 amide bonds. The minimum atomic E-state index is -3.40. The second-order valence-corrected chi connectivity index (χ2v) is 9.05. The van der Waals surface area contributed by atoms with Gasteiger partial charge in [-0.15, -0.1) is 24.0 Å². The molecular formula is C18H32IN5O2S. The summed E-state index contributed by atoms with van der Waals surface area (Å²) >= 11 is 0. The van der Waals surface area contributed by atoms with E-state index in [0.29, 0.717) is 19.6 Å². The number of nitrogens with one attached hydrogen (secondary N) is 1. The molecule has 0 spiro atoms. The first kappa shape index (κ1) is 24.1. The van der Waals surface area contributed by atoms with Gasteiger partial charge in [0.15, 0.2) is 5.96 Å². The Balaban J connectivity index is 0.00000364. The zero-order valence-corrected chi connectivity index (χ0v) is 19.8. The first-order valence-electron chi connectivity index (χ1n) is 9.01. The van der Waals surface area contributed by atoms with E-state index in [0.717, 1.165) is 30.8 Å². The van der Waals surface area contributed by atoms with Crippen LogP contribution in [0.1, 0.15) is 24.8 Å². The molecular weight excluding hydrogens is 477 g/mol. The Morgan fingerprint density at radius 1 is 1.19 bits per heavy atom. The topological polar surface area (TPSA) is 68.2 Å². The van der Waals surface area contributed by atoms with Crippen molar-refractivity contribution in [3.8, 4) is 0 Å². The molecule has 2 rings (SSSR count). The number of benzene rings is 1. The summed E-state index contributed by atoms with van der Waals surface area (Å²) in [5.41, 5.74) is 1.14. The quantitative estimate of drug-likeness (QED) is 0.362. The van der Waals surface area contributed by atoms with Gasteiger partial charge in [-0.05, 0) is 18.4 Å². The Morgan fingerprint density at radius 2 is 1.85 bits per heavy atom. The molecule has 1 aliphatic rings. The molecule has 0 saturated carbocycles. The fraction of sp³-hybridized carbons (Fsp3) is 0.611. The van der Waals surface area contributed by atoms with Crippen molar-refractivity contribution in [1.29, 1.82) is 0 Å². The first-order valence-corrected chi connectivity index (χ1v) is 10.4. The first-order chi connectivity index (χ1) is 12.3. The van der Waals surface area contributed by atoms with E-state index in [-0.39, 0.29) is 30.0 Å². The minimum absolute atomic E-state index is 0. The van der Waals surface area contributed by atoms with Gasteiger partial charge in [0.05, 0.1) is 6.54 Å². The Labute approximate surface area is 181 Å². The van der Waals surface area contributed by atoms with Crippen LogP contribution in [0, 0.1) is 0 Å². The highest BCUT2D eigenvalue weighted by Gasteiger charge is 2.33. The number of guanidine groups is 1. The number of piperidine rings is 1. The summed E-state index contributed by atoms with van der Waals surface area (Å²) < 4.78 is 28.0. The predicted octanol–water partition coefficient (Wildman–Crippen LogP) is 1.97. The third kappa shape index (κ3) is 6.88. The van der Waals surface area contributed by atoms with Gasteiger partial charge in [0, 0.05) is 47.3 Å². The van der Waals surface area contributed by atoms with Crippen molar-refractivity contribution in [3.05, 3.63) is 35.9 Å². The van der Waals surface area contributed by atoms with Crippen LogP contribution in [0.4, 0.5) is 0 Å². The summed E-state index contributed by atoms with van der Waals surface area (Å²) in [5.74, 6) is 0.765. The smallest absolute Gasteiger partial charge is 0.281 e. The summed E-state index contributed by atoms with van der Waals surface area (Å²) in [6, 6.07) is 10.0. The zero-order valence-electron chi connectivity index (χ0n) is 16.6. The molecule has 9 heteroatoms. The molecule has 0 aromatic heterocycles. The van der Waals surface area contributed by atoms with Gasteiger partial charge >= 0.3 is 0 Å². The van der Waals surface area contributed by atoms with Gasteiger partial charge in [-0.2, -0.15) is 17.0 Å². The summed E-state index contributed by atoms with van der Waals surface area (Å²) in [4.78, 5) is 6.58. The van der Waals surface area contributed by atoms with E-state index in [2.05, 4.69) is 10.3 Å². The largest absolute Gasteiger partial charge is 0.355 e. The van der Waals surface area contributed by atoms with Gasteiger partial charge in [-0.3, -0.25) is 0 Å². The van der Waals surface area contributed by atoms with Crippen molar-refractivity contribution < 1.29 is 8.42 Å².